The summed E-state index contributed by atoms with van der Waals surface area (Å²) in [4.78, 5) is 28.9. The summed E-state index contributed by atoms with van der Waals surface area (Å²) in [5.41, 5.74) is 5.45. The zero-order valence-corrected chi connectivity index (χ0v) is 20.3. The lowest BCUT2D eigenvalue weighted by Gasteiger charge is -2.35. The summed E-state index contributed by atoms with van der Waals surface area (Å²) in [5.74, 6) is -0.664. The number of aromatic nitrogens is 1. The maximum Gasteiger partial charge on any atom is 0.265 e. The van der Waals surface area contributed by atoms with Crippen LogP contribution in [0.15, 0.2) is 35.9 Å². The van der Waals surface area contributed by atoms with Gasteiger partial charge in [-0.05, 0) is 80.7 Å². The molecule has 2 amide bonds. The first kappa shape index (κ1) is 22.9. The summed E-state index contributed by atoms with van der Waals surface area (Å²) in [6.07, 6.45) is 1.71. The third kappa shape index (κ3) is 4.09. The number of thiocarbonyl (C=S) groups is 1. The Bertz CT molecular complexity index is 1040. The van der Waals surface area contributed by atoms with E-state index in [1.54, 1.807) is 6.08 Å². The fourth-order valence-electron chi connectivity index (χ4n) is 3.98. The molecule has 1 aromatic heterocycles. The number of rotatable bonds is 4. The number of amides is 2. The van der Waals surface area contributed by atoms with E-state index in [9.17, 15) is 9.59 Å². The van der Waals surface area contributed by atoms with E-state index in [0.717, 1.165) is 22.6 Å². The number of carbonyl (C=O) groups excluding carboxylic acids is 2. The average Bonchev–Trinajstić information content (AvgIpc) is 2.98. The van der Waals surface area contributed by atoms with Gasteiger partial charge in [0, 0.05) is 30.2 Å². The number of aryl methyl sites for hydroxylation is 1. The number of likely N-dealkylation sites (N-methyl/N-ethyl adjacent to an activating group) is 2. The van der Waals surface area contributed by atoms with Crippen molar-refractivity contribution in [3.05, 3.63) is 58.4 Å². The number of benzene rings is 1. The zero-order valence-electron chi connectivity index (χ0n) is 19.4. The molecule has 31 heavy (non-hydrogen) atoms. The number of hydrogen-bond acceptors (Lipinski definition) is 3. The highest BCUT2D eigenvalue weighted by Gasteiger charge is 2.38. The van der Waals surface area contributed by atoms with E-state index < -0.39 is 0 Å². The van der Waals surface area contributed by atoms with Crippen molar-refractivity contribution in [2.24, 2.45) is 0 Å². The molecule has 1 saturated heterocycles. The van der Waals surface area contributed by atoms with Crippen LogP contribution in [0.3, 0.4) is 0 Å². The molecule has 0 radical (unpaired) electrons. The molecule has 0 saturated carbocycles. The van der Waals surface area contributed by atoms with Gasteiger partial charge in [0.1, 0.15) is 5.57 Å². The van der Waals surface area contributed by atoms with Gasteiger partial charge in [-0.25, -0.2) is 0 Å². The van der Waals surface area contributed by atoms with Gasteiger partial charge in [-0.2, -0.15) is 0 Å². The van der Waals surface area contributed by atoms with Crippen LogP contribution in [0.1, 0.15) is 57.1 Å². The lowest BCUT2D eigenvalue weighted by Crippen LogP contribution is -2.55. The Morgan fingerprint density at radius 3 is 1.90 bits per heavy atom. The molecule has 3 rings (SSSR count). The van der Waals surface area contributed by atoms with E-state index in [0.29, 0.717) is 13.1 Å². The monoisotopic (exact) mass is 437 g/mol. The lowest BCUT2D eigenvalue weighted by atomic mass is 9.87. The van der Waals surface area contributed by atoms with Crippen LogP contribution in [0.4, 0.5) is 0 Å². The third-order valence-electron chi connectivity index (χ3n) is 5.81. The Labute approximate surface area is 190 Å². The van der Waals surface area contributed by atoms with Crippen LogP contribution in [0.2, 0.25) is 0 Å². The highest BCUT2D eigenvalue weighted by atomic mass is 32.1. The molecule has 0 spiro atoms. The molecule has 164 valence electrons. The highest BCUT2D eigenvalue weighted by Crippen LogP contribution is 2.28. The SMILES string of the molecule is CCN1C(=O)C(=Cc2cc(C)n(-c3ccc(C(C)(C)C)cc3)c2C)C(=O)N(CC)C1=S. The molecule has 0 bridgehead atoms. The van der Waals surface area contributed by atoms with Crippen LogP contribution in [0.5, 0.6) is 0 Å². The van der Waals surface area contributed by atoms with Crippen molar-refractivity contribution in [1.82, 2.24) is 14.4 Å². The lowest BCUT2D eigenvalue weighted by molar-refractivity contribution is -0.133. The van der Waals surface area contributed by atoms with E-state index in [1.165, 1.54) is 15.4 Å². The van der Waals surface area contributed by atoms with Crippen LogP contribution in [-0.4, -0.2) is 44.4 Å². The van der Waals surface area contributed by atoms with Gasteiger partial charge in [0.25, 0.3) is 11.8 Å². The van der Waals surface area contributed by atoms with Gasteiger partial charge in [-0.15, -0.1) is 0 Å². The fourth-order valence-corrected chi connectivity index (χ4v) is 4.40. The highest BCUT2D eigenvalue weighted by molar-refractivity contribution is 7.80. The Morgan fingerprint density at radius 2 is 1.45 bits per heavy atom. The number of nitrogens with zero attached hydrogens (tertiary/aromatic N) is 3. The van der Waals surface area contributed by atoms with Crippen molar-refractivity contribution < 1.29 is 9.59 Å². The minimum atomic E-state index is -0.332. The predicted molar refractivity (Wildman–Crippen MR) is 129 cm³/mol. The molecular formula is C25H31N3O2S. The van der Waals surface area contributed by atoms with Crippen molar-refractivity contribution in [2.45, 2.75) is 53.9 Å². The maximum atomic E-state index is 13.0. The molecule has 0 unspecified atom stereocenters. The van der Waals surface area contributed by atoms with Gasteiger partial charge in [0.2, 0.25) is 0 Å². The molecule has 2 heterocycles. The fraction of sp³-hybridized carbons (Fsp3) is 0.400. The van der Waals surface area contributed by atoms with Gasteiger partial charge >= 0.3 is 0 Å². The smallest absolute Gasteiger partial charge is 0.265 e. The van der Waals surface area contributed by atoms with Gasteiger partial charge in [-0.3, -0.25) is 19.4 Å². The topological polar surface area (TPSA) is 45.6 Å². The van der Waals surface area contributed by atoms with Gasteiger partial charge in [-0.1, -0.05) is 32.9 Å². The summed E-state index contributed by atoms with van der Waals surface area (Å²) in [6.45, 7) is 15.2. The normalized spacial score (nSPS) is 15.2. The summed E-state index contributed by atoms with van der Waals surface area (Å²) in [6, 6.07) is 10.6. The van der Waals surface area contributed by atoms with Crippen LogP contribution in [-0.2, 0) is 15.0 Å². The first-order valence-electron chi connectivity index (χ1n) is 10.7. The third-order valence-corrected chi connectivity index (χ3v) is 6.25. The Balaban J connectivity index is 2.05. The van der Waals surface area contributed by atoms with E-state index >= 15 is 0 Å². The summed E-state index contributed by atoms with van der Waals surface area (Å²) >= 11 is 5.35. The Kier molecular flexibility index (Phi) is 6.23. The Morgan fingerprint density at radius 1 is 0.935 bits per heavy atom. The minimum Gasteiger partial charge on any atom is -0.318 e. The minimum absolute atomic E-state index is 0.0907. The molecule has 1 aliphatic rings. The van der Waals surface area contributed by atoms with Crippen LogP contribution in [0, 0.1) is 13.8 Å². The molecule has 2 aromatic rings. The zero-order chi connectivity index (χ0) is 23.1. The molecule has 5 nitrogen and oxygen atoms in total. The molecule has 1 aliphatic heterocycles. The average molecular weight is 438 g/mol. The second kappa shape index (κ2) is 8.42. The van der Waals surface area contributed by atoms with Crippen molar-refractivity contribution in [2.75, 3.05) is 13.1 Å². The van der Waals surface area contributed by atoms with E-state index in [4.69, 9.17) is 12.2 Å². The quantitative estimate of drug-likeness (QED) is 0.393. The molecule has 1 fully saturated rings. The molecule has 0 aliphatic carbocycles. The predicted octanol–water partition coefficient (Wildman–Crippen LogP) is 4.77. The van der Waals surface area contributed by atoms with Crippen LogP contribution in [0.25, 0.3) is 11.8 Å². The summed E-state index contributed by atoms with van der Waals surface area (Å²) < 4.78 is 2.15. The number of carbonyl (C=O) groups is 2. The van der Waals surface area contributed by atoms with Gasteiger partial charge < -0.3 is 4.57 Å². The molecule has 1 aromatic carbocycles. The second-order valence-electron chi connectivity index (χ2n) is 8.90. The van der Waals surface area contributed by atoms with Gasteiger partial charge in [0.15, 0.2) is 5.11 Å². The van der Waals surface area contributed by atoms with Crippen molar-refractivity contribution in [3.63, 3.8) is 0 Å². The van der Waals surface area contributed by atoms with Crippen LogP contribution < -0.4 is 0 Å². The van der Waals surface area contributed by atoms with E-state index in [1.807, 2.05) is 33.8 Å². The second-order valence-corrected chi connectivity index (χ2v) is 9.26. The first-order valence-corrected chi connectivity index (χ1v) is 11.1. The number of hydrogen-bond donors (Lipinski definition) is 0. The van der Waals surface area contributed by atoms with E-state index in [-0.39, 0.29) is 27.9 Å². The molecule has 6 heteroatoms. The van der Waals surface area contributed by atoms with Gasteiger partial charge in [0.05, 0.1) is 0 Å². The van der Waals surface area contributed by atoms with E-state index in [2.05, 4.69) is 49.6 Å². The summed E-state index contributed by atoms with van der Waals surface area (Å²) in [7, 11) is 0. The van der Waals surface area contributed by atoms with Crippen molar-refractivity contribution in [1.29, 1.82) is 0 Å². The molecule has 0 atom stereocenters. The standard InChI is InChI=1S/C25H31N3O2S/c1-8-26-22(29)21(23(30)27(9-2)24(26)31)15-18-14-16(3)28(17(18)4)20-12-10-19(11-13-20)25(5,6)7/h10-15H,8-9H2,1-7H3. The largest absolute Gasteiger partial charge is 0.318 e. The Hall–Kier alpha value is -2.73. The molecule has 0 N–H and O–H groups in total. The molecular weight excluding hydrogens is 406 g/mol. The van der Waals surface area contributed by atoms with Crippen molar-refractivity contribution in [3.8, 4) is 5.69 Å². The first-order chi connectivity index (χ1) is 14.5. The van der Waals surface area contributed by atoms with Crippen LogP contribution >= 0.6 is 12.2 Å². The van der Waals surface area contributed by atoms with Crippen molar-refractivity contribution >= 4 is 35.2 Å². The summed E-state index contributed by atoms with van der Waals surface area (Å²) in [5, 5.41) is 0.279. The maximum absolute atomic E-state index is 13.0.